The lowest BCUT2D eigenvalue weighted by atomic mass is 9.90. The molecule has 5 rings (SSSR count). The third-order valence-corrected chi connectivity index (χ3v) is 7.23. The Morgan fingerprint density at radius 3 is 2.77 bits per heavy atom. The Balaban J connectivity index is 1.49. The molecule has 1 aromatic carbocycles. The van der Waals surface area contributed by atoms with Crippen molar-refractivity contribution < 1.29 is 0 Å². The van der Waals surface area contributed by atoms with E-state index in [9.17, 15) is 0 Å². The molecule has 0 bridgehead atoms. The quantitative estimate of drug-likeness (QED) is 0.406. The summed E-state index contributed by atoms with van der Waals surface area (Å²) in [7, 11) is 0. The topological polar surface area (TPSA) is 29.0 Å². The average Bonchev–Trinajstić information content (AvgIpc) is 3.11. The van der Waals surface area contributed by atoms with Crippen LogP contribution in [-0.2, 0) is 13.0 Å². The average molecular weight is 412 g/mol. The molecule has 31 heavy (non-hydrogen) atoms. The van der Waals surface area contributed by atoms with E-state index in [1.165, 1.54) is 71.3 Å². The number of pyridine rings is 2. The maximum atomic E-state index is 4.94. The minimum absolute atomic E-state index is 0.401. The number of rotatable bonds is 7. The Morgan fingerprint density at radius 1 is 0.968 bits per heavy atom. The molecule has 2 atom stereocenters. The fraction of sp³-hybridized carbons (Fsp3) is 0.429. The third-order valence-electron chi connectivity index (χ3n) is 7.23. The van der Waals surface area contributed by atoms with Gasteiger partial charge in [0, 0.05) is 24.9 Å². The molecule has 2 aliphatic carbocycles. The van der Waals surface area contributed by atoms with Crippen LogP contribution in [0.1, 0.15) is 86.0 Å². The van der Waals surface area contributed by atoms with Gasteiger partial charge in [-0.05, 0) is 72.2 Å². The third kappa shape index (κ3) is 3.80. The Hall–Kier alpha value is -2.52. The molecule has 0 amide bonds. The van der Waals surface area contributed by atoms with E-state index in [4.69, 9.17) is 9.97 Å². The predicted molar refractivity (Wildman–Crippen MR) is 127 cm³/mol. The molecule has 2 aromatic heterocycles. The van der Waals surface area contributed by atoms with Gasteiger partial charge in [0.2, 0.25) is 0 Å². The van der Waals surface area contributed by atoms with Crippen molar-refractivity contribution in [3.05, 3.63) is 82.9 Å². The number of unbranched alkanes of at least 4 members (excludes halogenated alkanes) is 2. The molecule has 0 aliphatic heterocycles. The summed E-state index contributed by atoms with van der Waals surface area (Å²) < 4.78 is 0. The van der Waals surface area contributed by atoms with Crippen LogP contribution in [0, 0.1) is 0 Å². The number of aryl methyl sites for hydroxylation is 1. The molecule has 0 radical (unpaired) electrons. The minimum Gasteiger partial charge on any atom is -0.289 e. The molecule has 3 aromatic rings. The van der Waals surface area contributed by atoms with Gasteiger partial charge in [-0.3, -0.25) is 14.9 Å². The van der Waals surface area contributed by atoms with E-state index < -0.39 is 0 Å². The summed E-state index contributed by atoms with van der Waals surface area (Å²) in [6, 6.07) is 15.8. The van der Waals surface area contributed by atoms with E-state index in [2.05, 4.69) is 61.2 Å². The Labute approximate surface area is 186 Å². The number of benzene rings is 1. The molecule has 0 spiro atoms. The number of nitrogens with zero attached hydrogens (tertiary/aromatic N) is 3. The first-order valence-electron chi connectivity index (χ1n) is 12.0. The fourth-order valence-electron chi connectivity index (χ4n) is 5.68. The molecular weight excluding hydrogens is 378 g/mol. The van der Waals surface area contributed by atoms with E-state index in [1.807, 2.05) is 12.4 Å². The SMILES string of the molecule is CCCCCN(Cc1nccc2c1C(C)c1ccccc1-2)C1CCCc2cccnc21. The molecule has 160 valence electrons. The Morgan fingerprint density at radius 2 is 1.87 bits per heavy atom. The maximum absolute atomic E-state index is 4.94. The van der Waals surface area contributed by atoms with Gasteiger partial charge in [-0.25, -0.2) is 0 Å². The highest BCUT2D eigenvalue weighted by Gasteiger charge is 2.31. The number of fused-ring (bicyclic) bond motifs is 4. The lowest BCUT2D eigenvalue weighted by Gasteiger charge is -2.35. The first kappa shape index (κ1) is 20.4. The molecule has 0 fully saturated rings. The molecule has 3 nitrogen and oxygen atoms in total. The van der Waals surface area contributed by atoms with Crippen LogP contribution in [0.5, 0.6) is 0 Å². The van der Waals surface area contributed by atoms with Crippen molar-refractivity contribution in [2.24, 2.45) is 0 Å². The maximum Gasteiger partial charge on any atom is 0.0607 e. The van der Waals surface area contributed by atoms with E-state index in [0.717, 1.165) is 19.5 Å². The van der Waals surface area contributed by atoms with Crippen molar-refractivity contribution in [3.63, 3.8) is 0 Å². The summed E-state index contributed by atoms with van der Waals surface area (Å²) >= 11 is 0. The molecule has 2 heterocycles. The van der Waals surface area contributed by atoms with Crippen molar-refractivity contribution >= 4 is 0 Å². The van der Waals surface area contributed by atoms with Crippen LogP contribution in [0.25, 0.3) is 11.1 Å². The minimum atomic E-state index is 0.401. The van der Waals surface area contributed by atoms with Gasteiger partial charge in [-0.15, -0.1) is 0 Å². The van der Waals surface area contributed by atoms with Gasteiger partial charge in [-0.1, -0.05) is 57.0 Å². The highest BCUT2D eigenvalue weighted by atomic mass is 15.2. The van der Waals surface area contributed by atoms with Crippen LogP contribution < -0.4 is 0 Å². The highest BCUT2D eigenvalue weighted by molar-refractivity contribution is 5.79. The molecule has 0 N–H and O–H groups in total. The van der Waals surface area contributed by atoms with Gasteiger partial charge >= 0.3 is 0 Å². The van der Waals surface area contributed by atoms with Gasteiger partial charge in [0.25, 0.3) is 0 Å². The monoisotopic (exact) mass is 411 g/mol. The molecule has 0 saturated carbocycles. The number of hydrogen-bond acceptors (Lipinski definition) is 3. The summed E-state index contributed by atoms with van der Waals surface area (Å²) in [5.41, 5.74) is 9.62. The van der Waals surface area contributed by atoms with Crippen LogP contribution >= 0.6 is 0 Å². The second kappa shape index (κ2) is 8.92. The largest absolute Gasteiger partial charge is 0.289 e. The van der Waals surface area contributed by atoms with E-state index in [0.29, 0.717) is 12.0 Å². The van der Waals surface area contributed by atoms with Crippen LogP contribution in [0.4, 0.5) is 0 Å². The fourth-order valence-corrected chi connectivity index (χ4v) is 5.68. The first-order chi connectivity index (χ1) is 15.3. The molecule has 0 saturated heterocycles. The normalized spacial score (nSPS) is 19.2. The summed E-state index contributed by atoms with van der Waals surface area (Å²) in [5, 5.41) is 0. The van der Waals surface area contributed by atoms with Crippen molar-refractivity contribution in [1.29, 1.82) is 0 Å². The Kier molecular flexibility index (Phi) is 5.87. The summed E-state index contributed by atoms with van der Waals surface area (Å²) in [5.74, 6) is 0.407. The number of aromatic nitrogens is 2. The summed E-state index contributed by atoms with van der Waals surface area (Å²) in [4.78, 5) is 12.5. The van der Waals surface area contributed by atoms with Gasteiger partial charge < -0.3 is 0 Å². The lowest BCUT2D eigenvalue weighted by Crippen LogP contribution is -2.33. The highest BCUT2D eigenvalue weighted by Crippen LogP contribution is 2.46. The van der Waals surface area contributed by atoms with Gasteiger partial charge in [0.1, 0.15) is 0 Å². The zero-order chi connectivity index (χ0) is 21.2. The summed E-state index contributed by atoms with van der Waals surface area (Å²) in [6.07, 6.45) is 11.3. The van der Waals surface area contributed by atoms with Gasteiger partial charge in [-0.2, -0.15) is 0 Å². The van der Waals surface area contributed by atoms with Crippen molar-refractivity contribution in [2.75, 3.05) is 6.54 Å². The van der Waals surface area contributed by atoms with Crippen LogP contribution in [0.2, 0.25) is 0 Å². The second-order valence-electron chi connectivity index (χ2n) is 9.16. The standard InChI is InChI=1S/C28H33N3/c1-3-4-7-18-31(26-14-8-10-21-11-9-16-30-28(21)26)19-25-27-20(2)22-12-5-6-13-23(22)24(27)15-17-29-25/h5-6,9,11-13,15-17,20,26H,3-4,7-8,10,14,18-19H2,1-2H3. The zero-order valence-corrected chi connectivity index (χ0v) is 18.8. The van der Waals surface area contributed by atoms with Crippen LogP contribution in [0.3, 0.4) is 0 Å². The van der Waals surface area contributed by atoms with Crippen LogP contribution in [0.15, 0.2) is 54.9 Å². The smallest absolute Gasteiger partial charge is 0.0607 e. The van der Waals surface area contributed by atoms with Crippen molar-refractivity contribution in [2.45, 2.75) is 70.9 Å². The van der Waals surface area contributed by atoms with Crippen LogP contribution in [-0.4, -0.2) is 21.4 Å². The van der Waals surface area contributed by atoms with Gasteiger partial charge in [0.05, 0.1) is 17.4 Å². The second-order valence-corrected chi connectivity index (χ2v) is 9.16. The lowest BCUT2D eigenvalue weighted by molar-refractivity contribution is 0.160. The van der Waals surface area contributed by atoms with E-state index in [1.54, 1.807) is 0 Å². The first-order valence-corrected chi connectivity index (χ1v) is 12.0. The molecular formula is C28H33N3. The molecule has 3 heteroatoms. The van der Waals surface area contributed by atoms with Gasteiger partial charge in [0.15, 0.2) is 0 Å². The molecule has 2 unspecified atom stereocenters. The van der Waals surface area contributed by atoms with E-state index >= 15 is 0 Å². The number of hydrogen-bond donors (Lipinski definition) is 0. The zero-order valence-electron chi connectivity index (χ0n) is 18.8. The molecule has 2 aliphatic rings. The Bertz CT molecular complexity index is 1060. The van der Waals surface area contributed by atoms with Crippen molar-refractivity contribution in [3.8, 4) is 11.1 Å². The van der Waals surface area contributed by atoms with Crippen molar-refractivity contribution in [1.82, 2.24) is 14.9 Å². The predicted octanol–water partition coefficient (Wildman–Crippen LogP) is 6.68. The summed E-state index contributed by atoms with van der Waals surface area (Å²) in [6.45, 7) is 6.65. The van der Waals surface area contributed by atoms with E-state index in [-0.39, 0.29) is 0 Å².